The van der Waals surface area contributed by atoms with Crippen LogP contribution in [0.3, 0.4) is 0 Å². The summed E-state index contributed by atoms with van der Waals surface area (Å²) in [6.07, 6.45) is 0. The molecule has 1 N–H and O–H groups in total. The van der Waals surface area contributed by atoms with Gasteiger partial charge in [0.1, 0.15) is 18.0 Å². The number of ketones is 1. The van der Waals surface area contributed by atoms with Gasteiger partial charge in [0.05, 0.1) is 0 Å². The molecule has 2 heterocycles. The highest BCUT2D eigenvalue weighted by Gasteiger charge is 2.56. The quantitative estimate of drug-likeness (QED) is 0.315. The van der Waals surface area contributed by atoms with Gasteiger partial charge in [-0.1, -0.05) is 41.9 Å². The van der Waals surface area contributed by atoms with Crippen LogP contribution in [0.2, 0.25) is 5.02 Å². The number of ether oxygens (including phenoxy) is 2. The molecule has 1 fully saturated rings. The van der Waals surface area contributed by atoms with Crippen LogP contribution < -0.4 is 5.32 Å². The van der Waals surface area contributed by atoms with Gasteiger partial charge < -0.3 is 19.7 Å². The third kappa shape index (κ3) is 5.44. The van der Waals surface area contributed by atoms with Gasteiger partial charge in [-0.25, -0.2) is 4.79 Å². The number of hydrogen-bond acceptors (Lipinski definition) is 8. The van der Waals surface area contributed by atoms with Crippen molar-refractivity contribution in [3.05, 3.63) is 81.7 Å². The molecular weight excluding hydrogens is 508 g/mol. The number of nitrogens with one attached hydrogen (secondary N) is 1. The van der Waals surface area contributed by atoms with Gasteiger partial charge in [0.15, 0.2) is 18.4 Å². The molecular formula is C25H21ClN2O7S. The Morgan fingerprint density at radius 3 is 2.36 bits per heavy atom. The van der Waals surface area contributed by atoms with Gasteiger partial charge in [-0.3, -0.25) is 19.2 Å². The van der Waals surface area contributed by atoms with Crippen LogP contribution in [0.25, 0.3) is 0 Å². The molecule has 0 aromatic heterocycles. The van der Waals surface area contributed by atoms with Crippen LogP contribution in [0.5, 0.6) is 0 Å². The zero-order valence-electron chi connectivity index (χ0n) is 19.0. The summed E-state index contributed by atoms with van der Waals surface area (Å²) in [5.41, 5.74) is 1.04. The summed E-state index contributed by atoms with van der Waals surface area (Å²) in [6.45, 7) is 0.478. The predicted octanol–water partition coefficient (Wildman–Crippen LogP) is 2.60. The van der Waals surface area contributed by atoms with E-state index in [9.17, 15) is 24.0 Å². The Morgan fingerprint density at radius 2 is 1.69 bits per heavy atom. The van der Waals surface area contributed by atoms with Crippen molar-refractivity contribution in [3.63, 3.8) is 0 Å². The number of esters is 2. The van der Waals surface area contributed by atoms with Crippen molar-refractivity contribution < 1.29 is 33.4 Å². The van der Waals surface area contributed by atoms with Gasteiger partial charge in [-0.05, 0) is 29.7 Å². The highest BCUT2D eigenvalue weighted by atomic mass is 35.5. The maximum Gasteiger partial charge on any atom is 0.333 e. The fourth-order valence-corrected chi connectivity index (χ4v) is 5.09. The fraction of sp³-hybridized carbons (Fsp3) is 0.240. The monoisotopic (exact) mass is 528 g/mol. The first kappa shape index (κ1) is 25.5. The lowest BCUT2D eigenvalue weighted by molar-refractivity contribution is -0.162. The minimum Gasteiger partial charge on any atom is -0.461 e. The SMILES string of the molecule is CC(=O)OCC1=CS[C@@H]2C(NC(=O)c3ccc(Cl)cc3)C(=O)N2C1C(=O)OCC(=O)c1ccccc1. The minimum absolute atomic E-state index is 0.229. The Bertz CT molecular complexity index is 1230. The summed E-state index contributed by atoms with van der Waals surface area (Å²) in [6, 6.07) is 12.4. The number of benzene rings is 2. The predicted molar refractivity (Wildman–Crippen MR) is 131 cm³/mol. The summed E-state index contributed by atoms with van der Waals surface area (Å²) in [5, 5.41) is 4.18. The first-order chi connectivity index (χ1) is 17.3. The lowest BCUT2D eigenvalue weighted by Gasteiger charge is -2.51. The van der Waals surface area contributed by atoms with Crippen LogP contribution in [0.1, 0.15) is 27.6 Å². The number of β-lactam (4-membered cyclic amide) rings is 1. The average molecular weight is 529 g/mol. The number of nitrogens with zero attached hydrogens (tertiary/aromatic N) is 1. The summed E-state index contributed by atoms with van der Waals surface area (Å²) in [5.74, 6) is -2.76. The molecule has 4 rings (SSSR count). The first-order valence-electron chi connectivity index (χ1n) is 10.9. The molecule has 186 valence electrons. The van der Waals surface area contributed by atoms with Crippen LogP contribution >= 0.6 is 23.4 Å². The fourth-order valence-electron chi connectivity index (χ4n) is 3.75. The molecule has 2 aliphatic rings. The van der Waals surface area contributed by atoms with Crippen molar-refractivity contribution in [2.45, 2.75) is 24.4 Å². The Balaban J connectivity index is 1.48. The molecule has 0 spiro atoms. The van der Waals surface area contributed by atoms with E-state index in [4.69, 9.17) is 21.1 Å². The smallest absolute Gasteiger partial charge is 0.333 e. The molecule has 2 amide bonds. The second-order valence-electron chi connectivity index (χ2n) is 8.00. The van der Waals surface area contributed by atoms with Crippen molar-refractivity contribution >= 4 is 52.9 Å². The van der Waals surface area contributed by atoms with E-state index in [0.717, 1.165) is 0 Å². The van der Waals surface area contributed by atoms with E-state index >= 15 is 0 Å². The van der Waals surface area contributed by atoms with E-state index < -0.39 is 53.6 Å². The van der Waals surface area contributed by atoms with Crippen LogP contribution in [0.4, 0.5) is 0 Å². The Kier molecular flexibility index (Phi) is 7.76. The number of hydrogen-bond donors (Lipinski definition) is 1. The van der Waals surface area contributed by atoms with E-state index in [1.807, 2.05) is 0 Å². The van der Waals surface area contributed by atoms with Crippen LogP contribution in [0, 0.1) is 0 Å². The van der Waals surface area contributed by atoms with Gasteiger partial charge in [0, 0.05) is 28.6 Å². The molecule has 2 unspecified atom stereocenters. The largest absolute Gasteiger partial charge is 0.461 e. The van der Waals surface area contributed by atoms with Gasteiger partial charge in [-0.2, -0.15) is 0 Å². The molecule has 2 aromatic carbocycles. The van der Waals surface area contributed by atoms with Crippen molar-refractivity contribution in [1.29, 1.82) is 0 Å². The number of halogens is 1. The lowest BCUT2D eigenvalue weighted by Crippen LogP contribution is -2.74. The summed E-state index contributed by atoms with van der Waals surface area (Å²) >= 11 is 7.07. The molecule has 2 aromatic rings. The average Bonchev–Trinajstić information content (AvgIpc) is 2.89. The zero-order valence-corrected chi connectivity index (χ0v) is 20.6. The summed E-state index contributed by atoms with van der Waals surface area (Å²) in [4.78, 5) is 63.7. The third-order valence-corrected chi connectivity index (χ3v) is 7.04. The maximum atomic E-state index is 13.0. The molecule has 3 atom stereocenters. The summed E-state index contributed by atoms with van der Waals surface area (Å²) < 4.78 is 10.3. The minimum atomic E-state index is -1.20. The van der Waals surface area contributed by atoms with Gasteiger partial charge in [0.2, 0.25) is 5.91 Å². The molecule has 0 saturated carbocycles. The molecule has 0 aliphatic carbocycles. The normalized spacial score (nSPS) is 20.4. The van der Waals surface area contributed by atoms with Crippen molar-refractivity contribution in [2.75, 3.05) is 13.2 Å². The van der Waals surface area contributed by atoms with Crippen LogP contribution in [0.15, 0.2) is 65.6 Å². The van der Waals surface area contributed by atoms with E-state index in [2.05, 4.69) is 5.32 Å². The van der Waals surface area contributed by atoms with Gasteiger partial charge in [0.25, 0.3) is 5.91 Å². The maximum absolute atomic E-state index is 13.0. The third-order valence-electron chi connectivity index (χ3n) is 5.57. The lowest BCUT2D eigenvalue weighted by atomic mass is 9.98. The molecule has 2 aliphatic heterocycles. The number of fused-ring (bicyclic) bond motifs is 1. The highest BCUT2D eigenvalue weighted by molar-refractivity contribution is 8.03. The van der Waals surface area contributed by atoms with E-state index in [-0.39, 0.29) is 6.61 Å². The summed E-state index contributed by atoms with van der Waals surface area (Å²) in [7, 11) is 0. The van der Waals surface area contributed by atoms with E-state index in [0.29, 0.717) is 21.7 Å². The number of thioether (sulfide) groups is 1. The van der Waals surface area contributed by atoms with Crippen LogP contribution in [-0.2, 0) is 23.9 Å². The van der Waals surface area contributed by atoms with E-state index in [1.54, 1.807) is 47.9 Å². The first-order valence-corrected chi connectivity index (χ1v) is 12.2. The number of amides is 2. The number of carbonyl (C=O) groups is 5. The number of carbonyl (C=O) groups excluding carboxylic acids is 5. The highest BCUT2D eigenvalue weighted by Crippen LogP contribution is 2.40. The van der Waals surface area contributed by atoms with Crippen molar-refractivity contribution in [1.82, 2.24) is 10.2 Å². The molecule has 9 nitrogen and oxygen atoms in total. The van der Waals surface area contributed by atoms with E-state index in [1.165, 1.54) is 35.7 Å². The second kappa shape index (κ2) is 11.0. The second-order valence-corrected chi connectivity index (χ2v) is 9.43. The van der Waals surface area contributed by atoms with Crippen molar-refractivity contribution in [3.8, 4) is 0 Å². The van der Waals surface area contributed by atoms with Crippen LogP contribution in [-0.4, -0.2) is 65.1 Å². The molecule has 0 bridgehead atoms. The molecule has 0 radical (unpaired) electrons. The molecule has 1 saturated heterocycles. The molecule has 36 heavy (non-hydrogen) atoms. The number of Topliss-reactive ketones (excluding diaryl/α,β-unsaturated/α-hetero) is 1. The molecule has 11 heteroatoms. The Morgan fingerprint density at radius 1 is 1.00 bits per heavy atom. The zero-order chi connectivity index (χ0) is 25.8. The van der Waals surface area contributed by atoms with Gasteiger partial charge in [-0.15, -0.1) is 11.8 Å². The van der Waals surface area contributed by atoms with Crippen molar-refractivity contribution in [2.24, 2.45) is 0 Å². The standard InChI is InChI=1S/C25H21ClN2O7S/c1-14(29)34-11-17-13-36-24-20(27-22(31)16-7-9-18(26)10-8-16)23(32)28(24)21(17)25(33)35-12-19(30)15-5-3-2-4-6-15/h2-10,13,20-21,24H,11-12H2,1H3,(H,27,31)/t20?,21?,24-/m1/s1. The number of rotatable bonds is 8. The van der Waals surface area contributed by atoms with Gasteiger partial charge >= 0.3 is 11.9 Å². The Hall–Kier alpha value is -3.63. The Labute approximate surface area is 215 Å². The topological polar surface area (TPSA) is 119 Å².